The molecule has 1 aromatic carbocycles. The molecule has 1 fully saturated rings. The number of piperidine rings is 1. The SMILES string of the molecule is NCC=C1CCN(c2ccccc2)CC1. The Morgan fingerprint density at radius 3 is 2.40 bits per heavy atom. The second kappa shape index (κ2) is 4.99. The zero-order valence-electron chi connectivity index (χ0n) is 9.02. The van der Waals surface area contributed by atoms with E-state index in [0.717, 1.165) is 25.9 Å². The average molecular weight is 202 g/mol. The number of nitrogens with zero attached hydrogens (tertiary/aromatic N) is 1. The molecule has 0 spiro atoms. The quantitative estimate of drug-likeness (QED) is 0.745. The fourth-order valence-electron chi connectivity index (χ4n) is 2.06. The first-order valence-corrected chi connectivity index (χ1v) is 5.58. The van der Waals surface area contributed by atoms with Crippen LogP contribution in [0.4, 0.5) is 5.69 Å². The smallest absolute Gasteiger partial charge is 0.0366 e. The van der Waals surface area contributed by atoms with Crippen LogP contribution in [0.2, 0.25) is 0 Å². The van der Waals surface area contributed by atoms with E-state index in [0.29, 0.717) is 6.54 Å². The molecule has 0 aliphatic carbocycles. The van der Waals surface area contributed by atoms with Crippen molar-refractivity contribution in [3.8, 4) is 0 Å². The minimum Gasteiger partial charge on any atom is -0.371 e. The summed E-state index contributed by atoms with van der Waals surface area (Å²) in [5.74, 6) is 0. The molecule has 1 heterocycles. The first-order chi connectivity index (χ1) is 7.40. The Morgan fingerprint density at radius 1 is 1.13 bits per heavy atom. The first-order valence-electron chi connectivity index (χ1n) is 5.58. The highest BCUT2D eigenvalue weighted by Gasteiger charge is 2.13. The summed E-state index contributed by atoms with van der Waals surface area (Å²) in [6, 6.07) is 10.6. The van der Waals surface area contributed by atoms with E-state index < -0.39 is 0 Å². The molecule has 0 saturated carbocycles. The predicted octanol–water partition coefficient (Wildman–Crippen LogP) is 2.17. The standard InChI is InChI=1S/C13H18N2/c14-9-6-12-7-10-15(11-8-12)13-4-2-1-3-5-13/h1-6H,7-11,14H2. The van der Waals surface area contributed by atoms with Gasteiger partial charge in [0.1, 0.15) is 0 Å². The van der Waals surface area contributed by atoms with Gasteiger partial charge >= 0.3 is 0 Å². The Morgan fingerprint density at radius 2 is 1.80 bits per heavy atom. The molecule has 0 unspecified atom stereocenters. The van der Waals surface area contributed by atoms with E-state index in [2.05, 4.69) is 41.3 Å². The summed E-state index contributed by atoms with van der Waals surface area (Å²) in [6.07, 6.45) is 4.49. The van der Waals surface area contributed by atoms with E-state index in [1.165, 1.54) is 11.3 Å². The maximum absolute atomic E-state index is 5.52. The molecule has 0 amide bonds. The summed E-state index contributed by atoms with van der Waals surface area (Å²) < 4.78 is 0. The van der Waals surface area contributed by atoms with Gasteiger partial charge in [0, 0.05) is 25.3 Å². The summed E-state index contributed by atoms with van der Waals surface area (Å²) in [7, 11) is 0. The van der Waals surface area contributed by atoms with Crippen molar-refractivity contribution < 1.29 is 0 Å². The van der Waals surface area contributed by atoms with Gasteiger partial charge in [0.25, 0.3) is 0 Å². The summed E-state index contributed by atoms with van der Waals surface area (Å²) in [5.41, 5.74) is 8.37. The van der Waals surface area contributed by atoms with E-state index in [9.17, 15) is 0 Å². The Bertz CT molecular complexity index is 320. The zero-order valence-corrected chi connectivity index (χ0v) is 9.02. The van der Waals surface area contributed by atoms with E-state index in [-0.39, 0.29) is 0 Å². The van der Waals surface area contributed by atoms with Crippen LogP contribution >= 0.6 is 0 Å². The fraction of sp³-hybridized carbons (Fsp3) is 0.385. The van der Waals surface area contributed by atoms with Crippen molar-refractivity contribution in [2.24, 2.45) is 5.73 Å². The van der Waals surface area contributed by atoms with Crippen LogP contribution in [-0.4, -0.2) is 19.6 Å². The van der Waals surface area contributed by atoms with Gasteiger partial charge in [0.05, 0.1) is 0 Å². The van der Waals surface area contributed by atoms with Crippen LogP contribution in [-0.2, 0) is 0 Å². The third-order valence-corrected chi connectivity index (χ3v) is 2.93. The van der Waals surface area contributed by atoms with E-state index >= 15 is 0 Å². The molecule has 1 saturated heterocycles. The molecular weight excluding hydrogens is 184 g/mol. The molecule has 0 aromatic heterocycles. The van der Waals surface area contributed by atoms with Gasteiger partial charge < -0.3 is 10.6 Å². The Kier molecular flexibility index (Phi) is 3.41. The van der Waals surface area contributed by atoms with E-state index in [4.69, 9.17) is 5.73 Å². The highest BCUT2D eigenvalue weighted by Crippen LogP contribution is 2.21. The minimum absolute atomic E-state index is 0.681. The maximum Gasteiger partial charge on any atom is 0.0366 e. The Labute approximate surface area is 91.4 Å². The molecule has 0 atom stereocenters. The lowest BCUT2D eigenvalue weighted by Gasteiger charge is -2.30. The number of hydrogen-bond donors (Lipinski definition) is 1. The molecule has 80 valence electrons. The first kappa shape index (κ1) is 10.2. The van der Waals surface area contributed by atoms with Crippen molar-refractivity contribution in [2.75, 3.05) is 24.5 Å². The van der Waals surface area contributed by atoms with Crippen molar-refractivity contribution in [1.29, 1.82) is 0 Å². The van der Waals surface area contributed by atoms with Crippen molar-refractivity contribution in [3.05, 3.63) is 42.0 Å². The highest BCUT2D eigenvalue weighted by atomic mass is 15.1. The van der Waals surface area contributed by atoms with Gasteiger partial charge in [0.15, 0.2) is 0 Å². The number of hydrogen-bond acceptors (Lipinski definition) is 2. The molecule has 0 radical (unpaired) electrons. The molecule has 0 bridgehead atoms. The van der Waals surface area contributed by atoms with Crippen molar-refractivity contribution >= 4 is 5.69 Å². The zero-order chi connectivity index (χ0) is 10.5. The molecule has 1 aromatic rings. The van der Waals surface area contributed by atoms with Gasteiger partial charge in [-0.05, 0) is 25.0 Å². The van der Waals surface area contributed by atoms with Crippen LogP contribution in [0.5, 0.6) is 0 Å². The average Bonchev–Trinajstić information content (AvgIpc) is 2.32. The van der Waals surface area contributed by atoms with Crippen molar-refractivity contribution in [2.45, 2.75) is 12.8 Å². The lowest BCUT2D eigenvalue weighted by molar-refractivity contribution is 0.682. The molecule has 2 heteroatoms. The Hall–Kier alpha value is -1.28. The van der Waals surface area contributed by atoms with E-state index in [1.54, 1.807) is 0 Å². The molecule has 15 heavy (non-hydrogen) atoms. The third kappa shape index (κ3) is 2.60. The number of para-hydroxylation sites is 1. The number of nitrogens with two attached hydrogens (primary N) is 1. The van der Waals surface area contributed by atoms with Crippen LogP contribution in [0.3, 0.4) is 0 Å². The molecular formula is C13H18N2. The van der Waals surface area contributed by atoms with Gasteiger partial charge in [0.2, 0.25) is 0 Å². The number of benzene rings is 1. The van der Waals surface area contributed by atoms with Gasteiger partial charge in [-0.1, -0.05) is 29.8 Å². The molecule has 2 rings (SSSR count). The second-order valence-corrected chi connectivity index (χ2v) is 3.92. The van der Waals surface area contributed by atoms with Crippen LogP contribution in [0.1, 0.15) is 12.8 Å². The number of anilines is 1. The van der Waals surface area contributed by atoms with Crippen LogP contribution in [0.15, 0.2) is 42.0 Å². The monoisotopic (exact) mass is 202 g/mol. The summed E-state index contributed by atoms with van der Waals surface area (Å²) in [6.45, 7) is 2.92. The summed E-state index contributed by atoms with van der Waals surface area (Å²) >= 11 is 0. The largest absolute Gasteiger partial charge is 0.371 e. The summed E-state index contributed by atoms with van der Waals surface area (Å²) in [5, 5.41) is 0. The second-order valence-electron chi connectivity index (χ2n) is 3.92. The topological polar surface area (TPSA) is 29.3 Å². The predicted molar refractivity (Wildman–Crippen MR) is 65.0 cm³/mol. The van der Waals surface area contributed by atoms with Crippen molar-refractivity contribution in [1.82, 2.24) is 0 Å². The molecule has 1 aliphatic rings. The van der Waals surface area contributed by atoms with Crippen molar-refractivity contribution in [3.63, 3.8) is 0 Å². The van der Waals surface area contributed by atoms with Gasteiger partial charge in [-0.15, -0.1) is 0 Å². The third-order valence-electron chi connectivity index (χ3n) is 2.93. The van der Waals surface area contributed by atoms with E-state index in [1.807, 2.05) is 0 Å². The van der Waals surface area contributed by atoms with Crippen LogP contribution < -0.4 is 10.6 Å². The normalized spacial score (nSPS) is 16.6. The van der Waals surface area contributed by atoms with Gasteiger partial charge in [-0.3, -0.25) is 0 Å². The molecule has 2 nitrogen and oxygen atoms in total. The lowest BCUT2D eigenvalue weighted by atomic mass is 10.0. The lowest BCUT2D eigenvalue weighted by Crippen LogP contribution is -2.30. The van der Waals surface area contributed by atoms with Gasteiger partial charge in [-0.25, -0.2) is 0 Å². The fourth-order valence-corrected chi connectivity index (χ4v) is 2.06. The van der Waals surface area contributed by atoms with Crippen LogP contribution in [0, 0.1) is 0 Å². The minimum atomic E-state index is 0.681. The van der Waals surface area contributed by atoms with Crippen LogP contribution in [0.25, 0.3) is 0 Å². The molecule has 1 aliphatic heterocycles. The maximum atomic E-state index is 5.52. The van der Waals surface area contributed by atoms with Gasteiger partial charge in [-0.2, -0.15) is 0 Å². The Balaban J connectivity index is 1.97. The summed E-state index contributed by atoms with van der Waals surface area (Å²) in [4.78, 5) is 2.44. The number of rotatable bonds is 2. The highest BCUT2D eigenvalue weighted by molar-refractivity contribution is 5.47. The molecule has 2 N–H and O–H groups in total.